The van der Waals surface area contributed by atoms with Crippen LogP contribution in [0, 0.1) is 18.3 Å². The third kappa shape index (κ3) is 4.88. The summed E-state index contributed by atoms with van der Waals surface area (Å²) in [6, 6.07) is 17.9. The molecule has 9 nitrogen and oxygen atoms in total. The topological polar surface area (TPSA) is 111 Å². The SMILES string of the molecule is Cc1cccc(-c2[nH]c(CNc3cc(C#N)cc(CN(C)C)c3)nc2-c2ccc3ncnn3c2)n1. The number of hydrogen-bond acceptors (Lipinski definition) is 7. The normalized spacial score (nSPS) is 11.2. The van der Waals surface area contributed by atoms with Gasteiger partial charge in [0.15, 0.2) is 5.65 Å². The molecule has 0 saturated carbocycles. The van der Waals surface area contributed by atoms with Crippen molar-refractivity contribution in [2.75, 3.05) is 19.4 Å². The Hall–Kier alpha value is -4.55. The molecule has 35 heavy (non-hydrogen) atoms. The quantitative estimate of drug-likeness (QED) is 0.375. The molecule has 0 bridgehead atoms. The highest BCUT2D eigenvalue weighted by molar-refractivity contribution is 5.77. The number of hydrogen-bond donors (Lipinski definition) is 2. The molecule has 0 aliphatic carbocycles. The summed E-state index contributed by atoms with van der Waals surface area (Å²) in [4.78, 5) is 19.4. The molecule has 0 radical (unpaired) electrons. The predicted octanol–water partition coefficient (Wildman–Crippen LogP) is 4.04. The van der Waals surface area contributed by atoms with E-state index >= 15 is 0 Å². The van der Waals surface area contributed by atoms with Crippen molar-refractivity contribution in [3.63, 3.8) is 0 Å². The van der Waals surface area contributed by atoms with E-state index in [1.54, 1.807) is 4.52 Å². The summed E-state index contributed by atoms with van der Waals surface area (Å²) in [6.45, 7) is 3.18. The molecular formula is C26H25N9. The number of aryl methyl sites for hydroxylation is 1. The highest BCUT2D eigenvalue weighted by atomic mass is 15.3. The van der Waals surface area contributed by atoms with E-state index in [0.29, 0.717) is 12.1 Å². The Balaban J connectivity index is 1.49. The van der Waals surface area contributed by atoms with Crippen LogP contribution in [0.25, 0.3) is 28.3 Å². The van der Waals surface area contributed by atoms with E-state index in [2.05, 4.69) is 37.4 Å². The van der Waals surface area contributed by atoms with Gasteiger partial charge in [-0.05, 0) is 69.0 Å². The van der Waals surface area contributed by atoms with Gasteiger partial charge in [-0.15, -0.1) is 0 Å². The van der Waals surface area contributed by atoms with E-state index in [1.807, 2.05) is 69.7 Å². The summed E-state index contributed by atoms with van der Waals surface area (Å²) in [7, 11) is 4.02. The van der Waals surface area contributed by atoms with E-state index in [9.17, 15) is 5.26 Å². The predicted molar refractivity (Wildman–Crippen MR) is 134 cm³/mol. The molecule has 0 aliphatic rings. The van der Waals surface area contributed by atoms with Gasteiger partial charge in [0, 0.05) is 29.7 Å². The molecule has 0 saturated heterocycles. The number of nitrogens with one attached hydrogen (secondary N) is 2. The lowest BCUT2D eigenvalue weighted by atomic mass is 10.1. The molecule has 0 atom stereocenters. The van der Waals surface area contributed by atoms with Gasteiger partial charge in [-0.2, -0.15) is 10.4 Å². The molecule has 5 rings (SSSR count). The molecule has 2 N–H and O–H groups in total. The van der Waals surface area contributed by atoms with E-state index in [4.69, 9.17) is 9.97 Å². The third-order valence-corrected chi connectivity index (χ3v) is 5.53. The molecule has 4 aromatic heterocycles. The van der Waals surface area contributed by atoms with Crippen molar-refractivity contribution in [2.45, 2.75) is 20.0 Å². The lowest BCUT2D eigenvalue weighted by molar-refractivity contribution is 0.402. The summed E-state index contributed by atoms with van der Waals surface area (Å²) in [6.07, 6.45) is 3.45. The Kier molecular flexibility index (Phi) is 5.95. The Morgan fingerprint density at radius 2 is 2.00 bits per heavy atom. The third-order valence-electron chi connectivity index (χ3n) is 5.53. The Bertz CT molecular complexity index is 1540. The number of imidazole rings is 1. The number of fused-ring (bicyclic) bond motifs is 1. The standard InChI is InChI=1S/C26H25N9/c1-17-5-4-6-22(31-17)26-25(20-7-8-24-29-16-30-35(24)15-20)32-23(33-26)13-28-21-10-18(12-27)9-19(11-21)14-34(2)3/h4-11,15-16,28H,13-14H2,1-3H3,(H,32,33). The molecule has 0 unspecified atom stereocenters. The van der Waals surface area contributed by atoms with Crippen molar-refractivity contribution in [3.8, 4) is 28.7 Å². The van der Waals surface area contributed by atoms with Gasteiger partial charge in [-0.25, -0.2) is 14.5 Å². The zero-order valence-electron chi connectivity index (χ0n) is 19.8. The fourth-order valence-electron chi connectivity index (χ4n) is 4.04. The number of benzene rings is 1. The fourth-order valence-corrected chi connectivity index (χ4v) is 4.04. The highest BCUT2D eigenvalue weighted by Gasteiger charge is 2.16. The molecule has 9 heteroatoms. The van der Waals surface area contributed by atoms with Crippen LogP contribution in [-0.4, -0.2) is 48.5 Å². The highest BCUT2D eigenvalue weighted by Crippen LogP contribution is 2.30. The maximum Gasteiger partial charge on any atom is 0.155 e. The number of pyridine rings is 2. The van der Waals surface area contributed by atoms with Crippen LogP contribution in [0.4, 0.5) is 5.69 Å². The van der Waals surface area contributed by atoms with Gasteiger partial charge >= 0.3 is 0 Å². The second-order valence-corrected chi connectivity index (χ2v) is 8.67. The summed E-state index contributed by atoms with van der Waals surface area (Å²) in [5.74, 6) is 0.758. The molecule has 0 aliphatic heterocycles. The monoisotopic (exact) mass is 463 g/mol. The van der Waals surface area contributed by atoms with Crippen LogP contribution >= 0.6 is 0 Å². The second kappa shape index (κ2) is 9.37. The number of nitriles is 1. The first-order valence-corrected chi connectivity index (χ1v) is 11.2. The van der Waals surface area contributed by atoms with Crippen molar-refractivity contribution in [2.24, 2.45) is 0 Å². The minimum absolute atomic E-state index is 0.459. The van der Waals surface area contributed by atoms with Crippen LogP contribution in [0.2, 0.25) is 0 Å². The molecule has 1 aromatic carbocycles. The minimum atomic E-state index is 0.459. The van der Waals surface area contributed by atoms with Crippen LogP contribution in [0.15, 0.2) is 61.1 Å². The smallest absolute Gasteiger partial charge is 0.155 e. The summed E-state index contributed by atoms with van der Waals surface area (Å²) in [5.41, 5.74) is 7.61. The van der Waals surface area contributed by atoms with Crippen LogP contribution in [0.5, 0.6) is 0 Å². The number of aromatic nitrogens is 6. The van der Waals surface area contributed by atoms with E-state index < -0.39 is 0 Å². The number of nitrogens with zero attached hydrogens (tertiary/aromatic N) is 7. The molecule has 174 valence electrons. The Labute approximate surface area is 203 Å². The second-order valence-electron chi connectivity index (χ2n) is 8.67. The van der Waals surface area contributed by atoms with Gasteiger partial charge in [-0.3, -0.25) is 4.98 Å². The first-order valence-electron chi connectivity index (χ1n) is 11.2. The van der Waals surface area contributed by atoms with Gasteiger partial charge in [0.2, 0.25) is 0 Å². The van der Waals surface area contributed by atoms with Gasteiger partial charge in [0.25, 0.3) is 0 Å². The van der Waals surface area contributed by atoms with Gasteiger partial charge in [-0.1, -0.05) is 6.07 Å². The van der Waals surface area contributed by atoms with Crippen LogP contribution in [-0.2, 0) is 13.1 Å². The van der Waals surface area contributed by atoms with Crippen LogP contribution in [0.1, 0.15) is 22.6 Å². The van der Waals surface area contributed by atoms with Crippen molar-refractivity contribution >= 4 is 11.3 Å². The fraction of sp³-hybridized carbons (Fsp3) is 0.192. The minimum Gasteiger partial charge on any atom is -0.378 e. The molecular weight excluding hydrogens is 438 g/mol. The van der Waals surface area contributed by atoms with Crippen molar-refractivity contribution in [1.29, 1.82) is 5.26 Å². The van der Waals surface area contributed by atoms with Crippen molar-refractivity contribution in [3.05, 3.63) is 83.7 Å². The van der Waals surface area contributed by atoms with Crippen molar-refractivity contribution < 1.29 is 0 Å². The van der Waals surface area contributed by atoms with E-state index in [-0.39, 0.29) is 0 Å². The average molecular weight is 464 g/mol. The van der Waals surface area contributed by atoms with Crippen molar-refractivity contribution in [1.82, 2.24) is 34.4 Å². The first kappa shape index (κ1) is 22.3. The Morgan fingerprint density at radius 1 is 1.11 bits per heavy atom. The number of anilines is 1. The Morgan fingerprint density at radius 3 is 2.80 bits per heavy atom. The number of aromatic amines is 1. The van der Waals surface area contributed by atoms with Crippen LogP contribution in [0.3, 0.4) is 0 Å². The molecule has 0 spiro atoms. The first-order chi connectivity index (χ1) is 17.0. The summed E-state index contributed by atoms with van der Waals surface area (Å²) >= 11 is 0. The van der Waals surface area contributed by atoms with E-state index in [1.165, 1.54) is 6.33 Å². The van der Waals surface area contributed by atoms with Gasteiger partial charge in [0.05, 0.1) is 35.3 Å². The van der Waals surface area contributed by atoms with Gasteiger partial charge < -0.3 is 15.2 Å². The number of rotatable bonds is 7. The molecule has 0 fully saturated rings. The average Bonchev–Trinajstić information content (AvgIpc) is 3.49. The maximum absolute atomic E-state index is 9.45. The van der Waals surface area contributed by atoms with Gasteiger partial charge in [0.1, 0.15) is 12.2 Å². The molecule has 5 aromatic rings. The van der Waals surface area contributed by atoms with Crippen LogP contribution < -0.4 is 5.32 Å². The zero-order valence-corrected chi connectivity index (χ0v) is 19.8. The largest absolute Gasteiger partial charge is 0.378 e. The summed E-state index contributed by atoms with van der Waals surface area (Å²) in [5, 5.41) is 17.1. The summed E-state index contributed by atoms with van der Waals surface area (Å²) < 4.78 is 1.73. The zero-order chi connectivity index (χ0) is 24.4. The van der Waals surface area contributed by atoms with E-state index in [0.717, 1.165) is 57.6 Å². The lowest BCUT2D eigenvalue weighted by Gasteiger charge is -2.12. The maximum atomic E-state index is 9.45. The number of H-pyrrole nitrogens is 1. The molecule has 0 amide bonds. The molecule has 4 heterocycles. The lowest BCUT2D eigenvalue weighted by Crippen LogP contribution is -2.11.